The molecule has 0 saturated heterocycles. The van der Waals surface area contributed by atoms with E-state index in [9.17, 15) is 4.57 Å². The van der Waals surface area contributed by atoms with Gasteiger partial charge in [0, 0.05) is 13.8 Å². The molecule has 0 unspecified atom stereocenters. The molecule has 0 fully saturated rings. The maximum absolute atomic E-state index is 10.7. The van der Waals surface area contributed by atoms with Gasteiger partial charge >= 0.3 is 7.60 Å². The summed E-state index contributed by atoms with van der Waals surface area (Å²) in [4.78, 5) is 0. The number of rotatable bonds is 3. The van der Waals surface area contributed by atoms with E-state index in [0.717, 1.165) is 0 Å². The summed E-state index contributed by atoms with van der Waals surface area (Å²) in [5, 5.41) is 0. The van der Waals surface area contributed by atoms with Gasteiger partial charge in [-0.25, -0.2) is 0 Å². The Morgan fingerprint density at radius 2 is 2.12 bits per heavy atom. The van der Waals surface area contributed by atoms with Crippen molar-refractivity contribution in [3.63, 3.8) is 0 Å². The second-order valence-corrected chi connectivity index (χ2v) is 3.54. The second-order valence-electron chi connectivity index (χ2n) is 1.37. The van der Waals surface area contributed by atoms with Crippen molar-refractivity contribution in [1.82, 2.24) is 0 Å². The summed E-state index contributed by atoms with van der Waals surface area (Å²) in [6.07, 6.45) is 0. The van der Waals surface area contributed by atoms with Crippen LogP contribution in [-0.2, 0) is 13.6 Å². The third-order valence-electron chi connectivity index (χ3n) is 0.695. The summed E-state index contributed by atoms with van der Waals surface area (Å²) >= 11 is 0. The molecule has 0 aromatic heterocycles. The van der Waals surface area contributed by atoms with E-state index in [4.69, 9.17) is 4.52 Å². The van der Waals surface area contributed by atoms with Gasteiger partial charge < -0.3 is 9.05 Å². The molecule has 4 heteroatoms. The maximum Gasteiger partial charge on any atom is 0.327 e. The lowest BCUT2D eigenvalue weighted by molar-refractivity contribution is 0.250. The molecule has 0 heterocycles. The van der Waals surface area contributed by atoms with Crippen LogP contribution in [-0.4, -0.2) is 20.4 Å². The molecule has 0 aliphatic carbocycles. The molecule has 0 bridgehead atoms. The normalized spacial score (nSPS) is 17.9. The predicted octanol–water partition coefficient (Wildman–Crippen LogP) is 1.49. The topological polar surface area (TPSA) is 35.5 Å². The van der Waals surface area contributed by atoms with Crippen LogP contribution in [0, 0.1) is 0 Å². The predicted molar refractivity (Wildman–Crippen MR) is 32.2 cm³/mol. The van der Waals surface area contributed by atoms with Crippen LogP contribution in [0.4, 0.5) is 0 Å². The summed E-state index contributed by atoms with van der Waals surface area (Å²) in [7, 11) is -1.30. The third-order valence-corrected chi connectivity index (χ3v) is 2.09. The summed E-state index contributed by atoms with van der Waals surface area (Å²) in [6.45, 7) is 3.65. The van der Waals surface area contributed by atoms with Crippen LogP contribution in [0.5, 0.6) is 0 Å². The Morgan fingerprint density at radius 1 is 1.62 bits per heavy atom. The lowest BCUT2D eigenvalue weighted by Gasteiger charge is -2.07. The van der Waals surface area contributed by atoms with Crippen LogP contribution in [0.15, 0.2) is 0 Å². The molecule has 8 heavy (non-hydrogen) atoms. The van der Waals surface area contributed by atoms with Crippen molar-refractivity contribution in [2.24, 2.45) is 0 Å². The molecular weight excluding hydrogens is 127 g/mol. The minimum Gasteiger partial charge on any atom is -0.312 e. The van der Waals surface area contributed by atoms with Gasteiger partial charge in [0.1, 0.15) is 0 Å². The Balaban J connectivity index is 3.55. The maximum atomic E-state index is 10.7. The van der Waals surface area contributed by atoms with E-state index in [0.29, 0.717) is 6.61 Å². The van der Waals surface area contributed by atoms with Crippen LogP contribution in [0.25, 0.3) is 0 Å². The molecule has 0 aromatic carbocycles. The molecule has 0 radical (unpaired) electrons. The molecule has 0 amide bonds. The zero-order valence-corrected chi connectivity index (χ0v) is 6.27. The first-order valence-electron chi connectivity index (χ1n) is 2.40. The van der Waals surface area contributed by atoms with Gasteiger partial charge in [-0.1, -0.05) is 0 Å². The standard InChI is InChI=1S/C4H11O3P/c1-4-7-8(3,5)6-2/h4H2,1-3H3/t8-/m1/s1. The van der Waals surface area contributed by atoms with E-state index in [1.165, 1.54) is 13.8 Å². The highest BCUT2D eigenvalue weighted by Gasteiger charge is 2.11. The Morgan fingerprint density at radius 3 is 2.25 bits per heavy atom. The highest BCUT2D eigenvalue weighted by atomic mass is 31.2. The first-order chi connectivity index (χ1) is 3.62. The minimum absolute atomic E-state index is 0.432. The molecule has 0 saturated carbocycles. The molecule has 0 aliphatic rings. The molecule has 50 valence electrons. The summed E-state index contributed by atoms with van der Waals surface area (Å²) in [6, 6.07) is 0. The Kier molecular flexibility index (Phi) is 3.29. The smallest absolute Gasteiger partial charge is 0.312 e. The molecule has 1 atom stereocenters. The van der Waals surface area contributed by atoms with Gasteiger partial charge in [-0.15, -0.1) is 0 Å². The monoisotopic (exact) mass is 138 g/mol. The summed E-state index contributed by atoms with van der Waals surface area (Å²) in [5.74, 6) is 0. The van der Waals surface area contributed by atoms with Gasteiger partial charge in [0.05, 0.1) is 6.61 Å². The van der Waals surface area contributed by atoms with Crippen LogP contribution >= 0.6 is 7.60 Å². The average Bonchev–Trinajstić information content (AvgIpc) is 1.67. The highest BCUT2D eigenvalue weighted by molar-refractivity contribution is 7.52. The van der Waals surface area contributed by atoms with Gasteiger partial charge in [0.25, 0.3) is 0 Å². The fourth-order valence-corrected chi connectivity index (χ4v) is 0.862. The van der Waals surface area contributed by atoms with Gasteiger partial charge in [-0.2, -0.15) is 0 Å². The van der Waals surface area contributed by atoms with Gasteiger partial charge in [0.15, 0.2) is 0 Å². The van der Waals surface area contributed by atoms with Crippen molar-refractivity contribution < 1.29 is 13.6 Å². The van der Waals surface area contributed by atoms with Crippen molar-refractivity contribution in [3.8, 4) is 0 Å². The van der Waals surface area contributed by atoms with E-state index in [-0.39, 0.29) is 0 Å². The first kappa shape index (κ1) is 8.15. The Hall–Kier alpha value is 0.150. The highest BCUT2D eigenvalue weighted by Crippen LogP contribution is 2.41. The lowest BCUT2D eigenvalue weighted by atomic mass is 10.9. The molecule has 0 aliphatic heterocycles. The zero-order chi connectivity index (χ0) is 6.62. The third kappa shape index (κ3) is 3.19. The van der Waals surface area contributed by atoms with Crippen molar-refractivity contribution in [2.75, 3.05) is 20.4 Å². The zero-order valence-electron chi connectivity index (χ0n) is 5.38. The first-order valence-corrected chi connectivity index (χ1v) is 4.39. The molecule has 0 rings (SSSR count). The Bertz CT molecular complexity index is 101. The van der Waals surface area contributed by atoms with Crippen LogP contribution in [0.1, 0.15) is 6.92 Å². The van der Waals surface area contributed by atoms with E-state index in [1.807, 2.05) is 0 Å². The van der Waals surface area contributed by atoms with E-state index in [1.54, 1.807) is 6.92 Å². The van der Waals surface area contributed by atoms with Gasteiger partial charge in [-0.3, -0.25) is 4.57 Å². The van der Waals surface area contributed by atoms with E-state index >= 15 is 0 Å². The number of hydrogen-bond acceptors (Lipinski definition) is 3. The number of hydrogen-bond donors (Lipinski definition) is 0. The van der Waals surface area contributed by atoms with Crippen molar-refractivity contribution in [3.05, 3.63) is 0 Å². The molecule has 0 aromatic rings. The molecule has 0 spiro atoms. The van der Waals surface area contributed by atoms with E-state index < -0.39 is 7.60 Å². The van der Waals surface area contributed by atoms with Crippen molar-refractivity contribution >= 4 is 7.60 Å². The van der Waals surface area contributed by atoms with Crippen molar-refractivity contribution in [1.29, 1.82) is 0 Å². The molecular formula is C4H11O3P. The minimum atomic E-state index is -2.67. The SMILES string of the molecule is CCO[P@](C)(=O)OC. The lowest BCUT2D eigenvalue weighted by Crippen LogP contribution is -1.88. The summed E-state index contributed by atoms with van der Waals surface area (Å²) < 4.78 is 20.0. The van der Waals surface area contributed by atoms with E-state index in [2.05, 4.69) is 4.52 Å². The average molecular weight is 138 g/mol. The van der Waals surface area contributed by atoms with Crippen molar-refractivity contribution in [2.45, 2.75) is 6.92 Å². The van der Waals surface area contributed by atoms with Gasteiger partial charge in [0.2, 0.25) is 0 Å². The largest absolute Gasteiger partial charge is 0.327 e. The molecule has 0 N–H and O–H groups in total. The Labute approximate surface area is 49.5 Å². The fourth-order valence-electron chi connectivity index (χ4n) is 0.287. The van der Waals surface area contributed by atoms with Crippen LogP contribution in [0.3, 0.4) is 0 Å². The van der Waals surface area contributed by atoms with Crippen LogP contribution < -0.4 is 0 Å². The quantitative estimate of drug-likeness (QED) is 0.554. The van der Waals surface area contributed by atoms with Crippen LogP contribution in [0.2, 0.25) is 0 Å². The fraction of sp³-hybridized carbons (Fsp3) is 1.00. The molecule has 3 nitrogen and oxygen atoms in total. The second kappa shape index (κ2) is 3.23. The summed E-state index contributed by atoms with van der Waals surface area (Å²) in [5.41, 5.74) is 0. The van der Waals surface area contributed by atoms with Gasteiger partial charge in [-0.05, 0) is 6.92 Å².